The van der Waals surface area contributed by atoms with E-state index >= 15 is 0 Å². The van der Waals surface area contributed by atoms with Crippen LogP contribution in [0.5, 0.6) is 0 Å². The molecule has 0 fully saturated rings. The van der Waals surface area contributed by atoms with Crippen LogP contribution >= 0.6 is 0 Å². The van der Waals surface area contributed by atoms with Crippen LogP contribution in [-0.4, -0.2) is 18.4 Å². The predicted octanol–water partition coefficient (Wildman–Crippen LogP) is 10.5. The van der Waals surface area contributed by atoms with Crippen LogP contribution in [0.1, 0.15) is 193 Å². The number of rotatable bonds is 32. The molecule has 4 nitrogen and oxygen atoms in total. The molecule has 4 heteroatoms. The first-order valence-electron chi connectivity index (χ1n) is 17.9. The number of hydrogen-bond acceptors (Lipinski definition) is 2. The minimum Gasteiger partial charge on any atom is -0.370 e. The normalized spacial score (nSPS) is 13.5. The Hall–Kier alpha value is -1.32. The lowest BCUT2D eigenvalue weighted by Gasteiger charge is -2.16. The van der Waals surface area contributed by atoms with Crippen molar-refractivity contribution in [2.24, 2.45) is 11.1 Å². The van der Waals surface area contributed by atoms with E-state index in [4.69, 9.17) is 5.73 Å². The predicted molar refractivity (Wildman–Crippen MR) is 173 cm³/mol. The van der Waals surface area contributed by atoms with Crippen molar-refractivity contribution in [1.29, 1.82) is 0 Å². The zero-order valence-electron chi connectivity index (χ0n) is 26.8. The van der Waals surface area contributed by atoms with E-state index in [1.54, 1.807) is 0 Å². The van der Waals surface area contributed by atoms with E-state index in [9.17, 15) is 9.59 Å². The first-order chi connectivity index (χ1) is 19.6. The fourth-order valence-corrected chi connectivity index (χ4v) is 5.88. The topological polar surface area (TPSA) is 72.2 Å². The highest BCUT2D eigenvalue weighted by Crippen LogP contribution is 2.40. The molecule has 0 atom stereocenters. The zero-order chi connectivity index (χ0) is 29.0. The van der Waals surface area contributed by atoms with Gasteiger partial charge in [0.15, 0.2) is 0 Å². The molecule has 0 radical (unpaired) electrons. The van der Waals surface area contributed by atoms with Crippen molar-refractivity contribution in [2.75, 3.05) is 6.54 Å². The maximum atomic E-state index is 12.7. The molecule has 234 valence electrons. The third-order valence-electron chi connectivity index (χ3n) is 8.82. The number of nitrogens with two attached hydrogens (primary N) is 1. The highest BCUT2D eigenvalue weighted by Gasteiger charge is 2.40. The van der Waals surface area contributed by atoms with E-state index in [1.807, 2.05) is 0 Å². The van der Waals surface area contributed by atoms with Crippen LogP contribution in [0.2, 0.25) is 0 Å². The Bertz CT molecular complexity index is 624. The Kier molecular flexibility index (Phi) is 24.4. The number of carbonyl (C=O) groups excluding carboxylic acids is 2. The van der Waals surface area contributed by atoms with Crippen molar-refractivity contribution in [3.05, 3.63) is 12.2 Å². The second-order valence-corrected chi connectivity index (χ2v) is 12.8. The Balaban J connectivity index is 1.79. The molecule has 1 aliphatic rings. The summed E-state index contributed by atoms with van der Waals surface area (Å²) in [6.07, 6.45) is 41.4. The van der Waals surface area contributed by atoms with E-state index in [0.29, 0.717) is 6.42 Å². The van der Waals surface area contributed by atoms with E-state index in [-0.39, 0.29) is 17.2 Å². The van der Waals surface area contributed by atoms with Crippen molar-refractivity contribution >= 4 is 11.8 Å². The highest BCUT2D eigenvalue weighted by atomic mass is 16.2. The summed E-state index contributed by atoms with van der Waals surface area (Å²) in [5, 5.41) is 3.21. The SMILES string of the molecule is CCCCCCCCCCCCCCC1(C(=O)NCCCCCCCCCCCCCCCCCC(N)=O)C=C1. The Morgan fingerprint density at radius 1 is 0.525 bits per heavy atom. The van der Waals surface area contributed by atoms with Gasteiger partial charge in [-0.25, -0.2) is 0 Å². The summed E-state index contributed by atoms with van der Waals surface area (Å²) in [5.74, 6) is 0.0851. The highest BCUT2D eigenvalue weighted by molar-refractivity contribution is 5.90. The largest absolute Gasteiger partial charge is 0.370 e. The van der Waals surface area contributed by atoms with Crippen LogP contribution in [0.15, 0.2) is 12.2 Å². The third-order valence-corrected chi connectivity index (χ3v) is 8.82. The molecular weight excluding hydrogens is 492 g/mol. The van der Waals surface area contributed by atoms with Gasteiger partial charge in [-0.2, -0.15) is 0 Å². The summed E-state index contributed by atoms with van der Waals surface area (Å²) >= 11 is 0. The summed E-state index contributed by atoms with van der Waals surface area (Å²) in [6.45, 7) is 3.12. The lowest BCUT2D eigenvalue weighted by atomic mass is 9.94. The Morgan fingerprint density at radius 2 is 0.875 bits per heavy atom. The van der Waals surface area contributed by atoms with Crippen LogP contribution in [-0.2, 0) is 9.59 Å². The van der Waals surface area contributed by atoms with Crippen molar-refractivity contribution in [3.63, 3.8) is 0 Å². The first kappa shape index (κ1) is 36.7. The molecule has 0 aromatic carbocycles. The van der Waals surface area contributed by atoms with Crippen LogP contribution in [0.4, 0.5) is 0 Å². The summed E-state index contributed by atoms with van der Waals surface area (Å²) < 4.78 is 0. The van der Waals surface area contributed by atoms with E-state index in [1.165, 1.54) is 154 Å². The van der Waals surface area contributed by atoms with Gasteiger partial charge in [0, 0.05) is 13.0 Å². The lowest BCUT2D eigenvalue weighted by molar-refractivity contribution is -0.125. The molecule has 1 rings (SSSR count). The molecule has 2 amide bonds. The molecule has 0 aromatic rings. The quantitative estimate of drug-likeness (QED) is 0.0634. The number of carbonyl (C=O) groups is 2. The molecule has 0 aliphatic heterocycles. The lowest BCUT2D eigenvalue weighted by Crippen LogP contribution is -2.33. The third kappa shape index (κ3) is 22.4. The minimum atomic E-state index is -0.232. The van der Waals surface area contributed by atoms with Crippen LogP contribution < -0.4 is 11.1 Å². The van der Waals surface area contributed by atoms with Gasteiger partial charge in [-0.3, -0.25) is 9.59 Å². The summed E-state index contributed by atoms with van der Waals surface area (Å²) in [6, 6.07) is 0. The number of hydrogen-bond donors (Lipinski definition) is 2. The van der Waals surface area contributed by atoms with Gasteiger partial charge in [-0.1, -0.05) is 180 Å². The zero-order valence-corrected chi connectivity index (χ0v) is 26.8. The molecule has 0 unspecified atom stereocenters. The molecule has 0 saturated heterocycles. The number of nitrogens with one attached hydrogen (secondary N) is 1. The second kappa shape index (κ2) is 26.6. The standard InChI is InChI=1S/C36H68N2O2/c1-2-3-4-5-6-7-8-15-18-21-24-27-30-36(31-32-36)35(40)38-33-28-25-22-19-16-13-11-9-10-12-14-17-20-23-26-29-34(37)39/h31-32H,2-30,33H2,1H3,(H2,37,39)(H,38,40). The van der Waals surface area contributed by atoms with Gasteiger partial charge in [-0.05, 0) is 19.3 Å². The van der Waals surface area contributed by atoms with E-state index in [2.05, 4.69) is 24.4 Å². The van der Waals surface area contributed by atoms with Gasteiger partial charge >= 0.3 is 0 Å². The average Bonchev–Trinajstić information content (AvgIpc) is 3.74. The Labute approximate surface area is 249 Å². The second-order valence-electron chi connectivity index (χ2n) is 12.8. The molecule has 0 saturated carbocycles. The van der Waals surface area contributed by atoms with E-state index < -0.39 is 0 Å². The molecule has 0 bridgehead atoms. The van der Waals surface area contributed by atoms with Gasteiger partial charge in [0.1, 0.15) is 0 Å². The van der Waals surface area contributed by atoms with Gasteiger partial charge in [0.25, 0.3) is 0 Å². The molecule has 0 heterocycles. The van der Waals surface area contributed by atoms with Crippen molar-refractivity contribution < 1.29 is 9.59 Å². The molecule has 3 N–H and O–H groups in total. The van der Waals surface area contributed by atoms with Gasteiger partial charge in [-0.15, -0.1) is 0 Å². The number of unbranched alkanes of at least 4 members (excludes halogenated alkanes) is 25. The molecule has 0 spiro atoms. The van der Waals surface area contributed by atoms with E-state index in [0.717, 1.165) is 32.2 Å². The molecule has 40 heavy (non-hydrogen) atoms. The molecule has 0 aromatic heterocycles. The van der Waals surface area contributed by atoms with Gasteiger partial charge in [0.2, 0.25) is 11.8 Å². The van der Waals surface area contributed by atoms with Crippen LogP contribution in [0.25, 0.3) is 0 Å². The maximum absolute atomic E-state index is 12.7. The monoisotopic (exact) mass is 561 g/mol. The van der Waals surface area contributed by atoms with Gasteiger partial charge in [0.05, 0.1) is 5.41 Å². The molecular formula is C36H68N2O2. The first-order valence-corrected chi connectivity index (χ1v) is 17.9. The van der Waals surface area contributed by atoms with Crippen molar-refractivity contribution in [3.8, 4) is 0 Å². The maximum Gasteiger partial charge on any atom is 0.233 e. The van der Waals surface area contributed by atoms with Crippen LogP contribution in [0, 0.1) is 5.41 Å². The number of primary amides is 1. The molecule has 1 aliphatic carbocycles. The van der Waals surface area contributed by atoms with Crippen molar-refractivity contribution in [1.82, 2.24) is 5.32 Å². The fraction of sp³-hybridized carbons (Fsp3) is 0.889. The fourth-order valence-electron chi connectivity index (χ4n) is 5.88. The van der Waals surface area contributed by atoms with Crippen molar-refractivity contribution in [2.45, 2.75) is 193 Å². The summed E-state index contributed by atoms with van der Waals surface area (Å²) in [5.41, 5.74) is 4.94. The smallest absolute Gasteiger partial charge is 0.233 e. The summed E-state index contributed by atoms with van der Waals surface area (Å²) in [7, 11) is 0. The number of amides is 2. The van der Waals surface area contributed by atoms with Crippen LogP contribution in [0.3, 0.4) is 0 Å². The average molecular weight is 561 g/mol. The van der Waals surface area contributed by atoms with Gasteiger partial charge < -0.3 is 11.1 Å². The minimum absolute atomic E-state index is 0.164. The summed E-state index contributed by atoms with van der Waals surface area (Å²) in [4.78, 5) is 23.4. The Morgan fingerprint density at radius 3 is 1.25 bits per heavy atom.